The van der Waals surface area contributed by atoms with E-state index in [0.717, 1.165) is 53.3 Å². The van der Waals surface area contributed by atoms with Crippen LogP contribution in [0, 0.1) is 17.0 Å². The van der Waals surface area contributed by atoms with Gasteiger partial charge >= 0.3 is 5.97 Å². The molecule has 178 valence electrons. The molecule has 1 N–H and O–H groups in total. The molecule has 0 radical (unpaired) electrons. The largest absolute Gasteiger partial charge is 0.497 e. The molecular formula is C27H28F2N2O3. The number of pyridine rings is 1. The van der Waals surface area contributed by atoms with E-state index in [9.17, 15) is 18.7 Å². The Balaban J connectivity index is 1.38. The molecule has 4 rings (SSSR count). The van der Waals surface area contributed by atoms with E-state index >= 15 is 0 Å². The number of aryl methyl sites for hydroxylation is 1. The maximum Gasteiger partial charge on any atom is 0.310 e. The molecule has 34 heavy (non-hydrogen) atoms. The molecule has 0 amide bonds. The minimum Gasteiger partial charge on any atom is -0.497 e. The monoisotopic (exact) mass is 466 g/mol. The third kappa shape index (κ3) is 5.25. The van der Waals surface area contributed by atoms with Crippen molar-refractivity contribution in [2.75, 3.05) is 26.7 Å². The van der Waals surface area contributed by atoms with Gasteiger partial charge < -0.3 is 9.84 Å². The zero-order valence-corrected chi connectivity index (χ0v) is 19.1. The lowest BCUT2D eigenvalue weighted by molar-refractivity contribution is -0.148. The van der Waals surface area contributed by atoms with Crippen molar-refractivity contribution in [1.29, 1.82) is 0 Å². The summed E-state index contributed by atoms with van der Waals surface area (Å²) in [5.41, 5.74) is 1.39. The second kappa shape index (κ2) is 10.3. The number of aromatic nitrogens is 1. The first-order valence-corrected chi connectivity index (χ1v) is 11.4. The molecule has 2 aromatic carbocycles. The molecule has 1 fully saturated rings. The van der Waals surface area contributed by atoms with Crippen LogP contribution in [-0.2, 0) is 11.2 Å². The Labute approximate surface area is 197 Å². The number of ether oxygens (including phenoxy) is 1. The van der Waals surface area contributed by atoms with Gasteiger partial charge in [-0.1, -0.05) is 12.2 Å². The van der Waals surface area contributed by atoms with Crippen LogP contribution in [-0.4, -0.2) is 47.7 Å². The number of fused-ring (bicyclic) bond motifs is 1. The van der Waals surface area contributed by atoms with Crippen molar-refractivity contribution in [3.63, 3.8) is 0 Å². The number of aliphatic carboxylic acids is 1. The minimum atomic E-state index is -0.807. The smallest absolute Gasteiger partial charge is 0.310 e. The second-order valence-electron chi connectivity index (χ2n) is 8.85. The van der Waals surface area contributed by atoms with Gasteiger partial charge in [-0.3, -0.25) is 14.7 Å². The van der Waals surface area contributed by atoms with Gasteiger partial charge in [0.05, 0.1) is 18.0 Å². The molecule has 5 nitrogen and oxygen atoms in total. The number of carboxylic acid groups (broad SMARTS) is 1. The van der Waals surface area contributed by atoms with Crippen LogP contribution >= 0.6 is 0 Å². The highest BCUT2D eigenvalue weighted by Gasteiger charge is 2.43. The summed E-state index contributed by atoms with van der Waals surface area (Å²) < 4.78 is 32.5. The van der Waals surface area contributed by atoms with E-state index in [1.807, 2.05) is 24.3 Å². The zero-order chi connectivity index (χ0) is 24.1. The fraction of sp³-hybridized carbons (Fsp3) is 0.333. The first-order chi connectivity index (χ1) is 16.4. The fourth-order valence-electron chi connectivity index (χ4n) is 4.72. The molecule has 1 aliphatic heterocycles. The summed E-state index contributed by atoms with van der Waals surface area (Å²) in [7, 11) is 1.63. The van der Waals surface area contributed by atoms with Crippen molar-refractivity contribution < 1.29 is 23.4 Å². The first-order valence-electron chi connectivity index (χ1n) is 11.4. The van der Waals surface area contributed by atoms with Crippen molar-refractivity contribution in [3.05, 3.63) is 77.5 Å². The van der Waals surface area contributed by atoms with E-state index in [0.29, 0.717) is 32.5 Å². The maximum atomic E-state index is 13.8. The highest BCUT2D eigenvalue weighted by Crippen LogP contribution is 2.36. The number of carbonyl (C=O) groups is 1. The molecule has 0 spiro atoms. The van der Waals surface area contributed by atoms with Gasteiger partial charge in [-0.25, -0.2) is 8.78 Å². The van der Waals surface area contributed by atoms with Crippen LogP contribution in [0.15, 0.2) is 54.7 Å². The van der Waals surface area contributed by atoms with Crippen molar-refractivity contribution in [2.24, 2.45) is 5.41 Å². The third-order valence-electron chi connectivity index (χ3n) is 6.65. The zero-order valence-electron chi connectivity index (χ0n) is 19.1. The summed E-state index contributed by atoms with van der Waals surface area (Å²) in [6.45, 7) is 1.57. The topological polar surface area (TPSA) is 62.7 Å². The summed E-state index contributed by atoms with van der Waals surface area (Å²) in [5.74, 6) is -0.995. The molecule has 0 saturated carbocycles. The van der Waals surface area contributed by atoms with E-state index in [2.05, 4.69) is 9.88 Å². The Hall–Kier alpha value is -3.32. The summed E-state index contributed by atoms with van der Waals surface area (Å²) in [4.78, 5) is 18.7. The lowest BCUT2D eigenvalue weighted by Gasteiger charge is -2.24. The van der Waals surface area contributed by atoms with Crippen molar-refractivity contribution >= 4 is 22.9 Å². The lowest BCUT2D eigenvalue weighted by atomic mass is 9.81. The molecular weight excluding hydrogens is 438 g/mol. The van der Waals surface area contributed by atoms with E-state index < -0.39 is 23.0 Å². The highest BCUT2D eigenvalue weighted by atomic mass is 19.1. The number of hydrogen-bond donors (Lipinski definition) is 1. The van der Waals surface area contributed by atoms with Crippen LogP contribution in [0.3, 0.4) is 0 Å². The average Bonchev–Trinajstić information content (AvgIpc) is 3.25. The Morgan fingerprint density at radius 1 is 1.24 bits per heavy atom. The maximum absolute atomic E-state index is 13.8. The van der Waals surface area contributed by atoms with Crippen LogP contribution in [0.25, 0.3) is 17.0 Å². The van der Waals surface area contributed by atoms with Gasteiger partial charge in [-0.2, -0.15) is 0 Å². The van der Waals surface area contributed by atoms with E-state index in [-0.39, 0.29) is 5.56 Å². The predicted octanol–water partition coefficient (Wildman–Crippen LogP) is 5.33. The van der Waals surface area contributed by atoms with Gasteiger partial charge in [0, 0.05) is 30.2 Å². The van der Waals surface area contributed by atoms with Crippen LogP contribution in [0.1, 0.15) is 30.4 Å². The lowest BCUT2D eigenvalue weighted by Crippen LogP contribution is -2.35. The van der Waals surface area contributed by atoms with Gasteiger partial charge in [0.2, 0.25) is 0 Å². The Morgan fingerprint density at radius 3 is 2.88 bits per heavy atom. The van der Waals surface area contributed by atoms with E-state index in [1.165, 1.54) is 0 Å². The molecule has 3 aromatic rings. The van der Waals surface area contributed by atoms with E-state index in [4.69, 9.17) is 4.74 Å². The second-order valence-corrected chi connectivity index (χ2v) is 8.85. The van der Waals surface area contributed by atoms with Gasteiger partial charge in [0.15, 0.2) is 0 Å². The highest BCUT2D eigenvalue weighted by molar-refractivity contribution is 5.83. The molecule has 7 heteroatoms. The van der Waals surface area contributed by atoms with Crippen molar-refractivity contribution in [3.8, 4) is 5.75 Å². The summed E-state index contributed by atoms with van der Waals surface area (Å²) >= 11 is 0. The van der Waals surface area contributed by atoms with Crippen LogP contribution < -0.4 is 4.74 Å². The third-order valence-corrected chi connectivity index (χ3v) is 6.65. The quantitative estimate of drug-likeness (QED) is 0.462. The Bertz CT molecular complexity index is 1210. The Morgan fingerprint density at radius 2 is 2.09 bits per heavy atom. The number of likely N-dealkylation sites (tertiary alicyclic amines) is 1. The molecule has 1 atom stereocenters. The summed E-state index contributed by atoms with van der Waals surface area (Å²) in [6, 6.07) is 11.1. The van der Waals surface area contributed by atoms with Crippen molar-refractivity contribution in [1.82, 2.24) is 9.88 Å². The van der Waals surface area contributed by atoms with Gasteiger partial charge in [-0.05, 0) is 80.3 Å². The molecule has 0 bridgehead atoms. The van der Waals surface area contributed by atoms with Crippen LogP contribution in [0.4, 0.5) is 8.78 Å². The van der Waals surface area contributed by atoms with Gasteiger partial charge in [-0.15, -0.1) is 0 Å². The summed E-state index contributed by atoms with van der Waals surface area (Å²) in [6.07, 6.45) is 7.70. The number of nitrogens with zero attached hydrogens (tertiary/aromatic N) is 2. The number of hydrogen-bond acceptors (Lipinski definition) is 4. The first kappa shape index (κ1) is 23.8. The molecule has 0 aliphatic carbocycles. The molecule has 1 unspecified atom stereocenters. The number of halogens is 2. The minimum absolute atomic E-state index is 0.185. The number of methoxy groups -OCH3 is 1. The number of benzene rings is 2. The van der Waals surface area contributed by atoms with Gasteiger partial charge in [0.1, 0.15) is 17.4 Å². The molecule has 2 heterocycles. The molecule has 1 aliphatic rings. The standard InChI is InChI=1S/C27H28F2N2O3/c1-34-22-7-9-25-23(17-22)19(10-13-30-25)4-2-11-27(26(32)33)12-15-31(18-27)14-3-5-20-16-21(28)6-8-24(20)29/h3,5-10,13,16-17H,2,4,11-12,14-15,18H2,1H3,(H,32,33)/b5-3+. The van der Waals surface area contributed by atoms with E-state index in [1.54, 1.807) is 25.5 Å². The number of carboxylic acids is 1. The van der Waals surface area contributed by atoms with Crippen LogP contribution in [0.5, 0.6) is 5.75 Å². The SMILES string of the molecule is COc1ccc2nccc(CCCC3(C(=O)O)CCN(C/C=C/c4cc(F)ccc4F)C3)c2c1. The fourth-order valence-corrected chi connectivity index (χ4v) is 4.72. The number of rotatable bonds is 9. The van der Waals surface area contributed by atoms with Gasteiger partial charge in [0.25, 0.3) is 0 Å². The summed E-state index contributed by atoms with van der Waals surface area (Å²) in [5, 5.41) is 11.0. The molecule has 1 saturated heterocycles. The Kier molecular flexibility index (Phi) is 7.22. The van der Waals surface area contributed by atoms with Crippen molar-refractivity contribution in [2.45, 2.75) is 25.7 Å². The average molecular weight is 467 g/mol. The normalized spacial score (nSPS) is 18.7. The predicted molar refractivity (Wildman–Crippen MR) is 128 cm³/mol. The molecule has 1 aromatic heterocycles. The van der Waals surface area contributed by atoms with Crippen LogP contribution in [0.2, 0.25) is 0 Å².